The average Bonchev–Trinajstić information content (AvgIpc) is 3.23. The van der Waals surface area contributed by atoms with E-state index >= 15 is 0 Å². The van der Waals surface area contributed by atoms with Crippen LogP contribution in [0.4, 0.5) is 0 Å². The second-order valence-electron chi connectivity index (χ2n) is 15.8. The molecule has 5 fully saturated rings. The molecule has 0 bridgehead atoms. The van der Waals surface area contributed by atoms with Gasteiger partial charge in [0.25, 0.3) is 0 Å². The van der Waals surface area contributed by atoms with Crippen LogP contribution >= 0.6 is 0 Å². The molecule has 27 heteroatoms. The predicted molar refractivity (Wildman–Crippen MR) is 193 cm³/mol. The minimum Gasteiger partial charge on any atom is -0.394 e. The summed E-state index contributed by atoms with van der Waals surface area (Å²) in [6.45, 7) is -0.399. The van der Waals surface area contributed by atoms with Crippen molar-refractivity contribution in [2.75, 3.05) is 33.0 Å². The Labute approximate surface area is 353 Å². The summed E-state index contributed by atoms with van der Waals surface area (Å²) >= 11 is 0. The number of rotatable bonds is 15. The molecule has 5 aliphatic rings. The Kier molecular flexibility index (Phi) is 18.1. The largest absolute Gasteiger partial charge is 0.394 e. The van der Waals surface area contributed by atoms with E-state index in [1.165, 1.54) is 13.8 Å². The third kappa shape index (κ3) is 11.0. The van der Waals surface area contributed by atoms with Crippen LogP contribution in [0.25, 0.3) is 0 Å². The van der Waals surface area contributed by atoms with Gasteiger partial charge in [-0.25, -0.2) is 0 Å². The van der Waals surface area contributed by atoms with Crippen LogP contribution in [-0.2, 0) is 52.2 Å². The van der Waals surface area contributed by atoms with E-state index in [9.17, 15) is 81.1 Å². The zero-order chi connectivity index (χ0) is 45.9. The monoisotopic (exact) mass is 908 g/mol. The number of aliphatic hydroxyl groups is 14. The molecular formula is C35H60N2O25. The molecule has 0 radical (unpaired) electrons. The lowest BCUT2D eigenvalue weighted by Crippen LogP contribution is -2.70. The third-order valence-corrected chi connectivity index (χ3v) is 11.4. The Morgan fingerprint density at radius 2 is 0.839 bits per heavy atom. The molecule has 5 aliphatic heterocycles. The minimum atomic E-state index is -2.16. The molecular weight excluding hydrogens is 848 g/mol. The predicted octanol–water partition coefficient (Wildman–Crippen LogP) is -10.6. The fourth-order valence-corrected chi connectivity index (χ4v) is 7.98. The number of nitrogens with one attached hydrogen (secondary N) is 2. The van der Waals surface area contributed by atoms with E-state index in [0.29, 0.717) is 0 Å². The van der Waals surface area contributed by atoms with Crippen molar-refractivity contribution in [1.29, 1.82) is 0 Å². The van der Waals surface area contributed by atoms with Gasteiger partial charge in [0, 0.05) is 13.8 Å². The molecule has 5 saturated heterocycles. The number of hydrogen-bond donors (Lipinski definition) is 16. The Morgan fingerprint density at radius 1 is 0.435 bits per heavy atom. The molecule has 0 spiro atoms. The highest BCUT2D eigenvalue weighted by Crippen LogP contribution is 2.35. The summed E-state index contributed by atoms with van der Waals surface area (Å²) in [5.41, 5.74) is 0. The van der Waals surface area contributed by atoms with E-state index in [0.717, 1.165) is 6.92 Å². The van der Waals surface area contributed by atoms with Crippen molar-refractivity contribution in [3.05, 3.63) is 0 Å². The summed E-state index contributed by atoms with van der Waals surface area (Å²) in [5, 5.41) is 153. The van der Waals surface area contributed by atoms with E-state index in [-0.39, 0.29) is 0 Å². The summed E-state index contributed by atoms with van der Waals surface area (Å²) < 4.78 is 51.6. The summed E-state index contributed by atoms with van der Waals surface area (Å²) in [6.07, 6.45) is -40.1. The van der Waals surface area contributed by atoms with E-state index in [4.69, 9.17) is 42.6 Å². The summed E-state index contributed by atoms with van der Waals surface area (Å²) in [5.74, 6) is -1.29. The summed E-state index contributed by atoms with van der Waals surface area (Å²) in [4.78, 5) is 24.4. The van der Waals surface area contributed by atoms with E-state index in [2.05, 4.69) is 10.6 Å². The van der Waals surface area contributed by atoms with E-state index in [1.54, 1.807) is 0 Å². The molecule has 0 aromatic carbocycles. The van der Waals surface area contributed by atoms with Gasteiger partial charge in [0.1, 0.15) is 116 Å². The smallest absolute Gasteiger partial charge is 0.217 e. The topological polar surface area (TPSA) is 424 Å². The van der Waals surface area contributed by atoms with Crippen LogP contribution in [0.15, 0.2) is 0 Å². The molecule has 27 nitrogen and oxygen atoms in total. The van der Waals surface area contributed by atoms with Gasteiger partial charge in [-0.2, -0.15) is 0 Å². The maximum absolute atomic E-state index is 12.5. The molecule has 0 aliphatic carbocycles. The molecule has 360 valence electrons. The molecule has 11 unspecified atom stereocenters. The Morgan fingerprint density at radius 3 is 1.37 bits per heavy atom. The maximum Gasteiger partial charge on any atom is 0.217 e. The Balaban J connectivity index is 1.41. The molecule has 25 atom stereocenters. The normalized spacial score (nSPS) is 49.0. The van der Waals surface area contributed by atoms with Gasteiger partial charge in [-0.05, 0) is 6.92 Å². The Bertz CT molecular complexity index is 1440. The molecule has 62 heavy (non-hydrogen) atoms. The van der Waals surface area contributed by atoms with Crippen molar-refractivity contribution in [2.45, 2.75) is 174 Å². The SMILES string of the molecule is CC(=O)NC1[C@H](O[C@@H]2C(CO)O[C@@H](C)C(NC(C)=O)[C@H]2O)OC(CO)[C@@H](O[C@@H]2OC(CO[C@H]3OC(CO)[C@@H](O)[C@H](O)C3O)[C@@H](O)[C@H](O[C@H]3O[C@@H](CO)C(O)C(O)C3O)C2O)[C@@H]1O. The van der Waals surface area contributed by atoms with Gasteiger partial charge in [-0.15, -0.1) is 0 Å². The lowest BCUT2D eigenvalue weighted by Gasteiger charge is -2.50. The summed E-state index contributed by atoms with van der Waals surface area (Å²) in [6, 6.07) is -2.68. The van der Waals surface area contributed by atoms with Gasteiger partial charge < -0.3 is 125 Å². The standard InChI is InChI=1S/C35H60N2O25/c1-9-17(36-10(2)42)22(47)29(14(6-40)55-9)60-32-18(37-11(3)43)23(48)30(15(7-41)58-32)61-35-28(53)31(62-34-27(52)25(50)20(45)13(5-39)57-34)21(46)16(59-35)8-54-33-26(51)24(49)19(44)12(4-38)56-33/h9,12-35,38-41,44-53H,4-8H2,1-3H3,(H,36,42)(H,37,43)/t9-,12?,13-,14?,15?,16?,17?,18?,19+,20?,21+,22+,23+,24-,25?,26?,27?,28?,29+,30+,31-,32-,33-,34+,35-/m0/s1. The van der Waals surface area contributed by atoms with Gasteiger partial charge in [0.15, 0.2) is 25.2 Å². The van der Waals surface area contributed by atoms with Crippen LogP contribution in [0.3, 0.4) is 0 Å². The first-order chi connectivity index (χ1) is 29.3. The van der Waals surface area contributed by atoms with Crippen LogP contribution in [0.1, 0.15) is 20.8 Å². The van der Waals surface area contributed by atoms with E-state index in [1.807, 2.05) is 0 Å². The highest BCUT2D eigenvalue weighted by molar-refractivity contribution is 5.73. The number of aliphatic hydroxyl groups excluding tert-OH is 14. The van der Waals surface area contributed by atoms with Gasteiger partial charge in [-0.3, -0.25) is 9.59 Å². The average molecular weight is 909 g/mol. The molecule has 0 aromatic rings. The number of amides is 2. The second kappa shape index (κ2) is 22.0. The lowest BCUT2D eigenvalue weighted by atomic mass is 9.92. The first-order valence-electron chi connectivity index (χ1n) is 19.9. The Hall–Kier alpha value is -1.98. The van der Waals surface area contributed by atoms with Crippen LogP contribution in [0.2, 0.25) is 0 Å². The van der Waals surface area contributed by atoms with Crippen molar-refractivity contribution in [1.82, 2.24) is 10.6 Å². The molecule has 2 amide bonds. The number of carbonyl (C=O) groups is 2. The first-order valence-corrected chi connectivity index (χ1v) is 19.9. The minimum absolute atomic E-state index is 0.533. The second-order valence-corrected chi connectivity index (χ2v) is 15.8. The van der Waals surface area contributed by atoms with E-state index < -0.39 is 198 Å². The molecule has 0 saturated carbocycles. The van der Waals surface area contributed by atoms with Gasteiger partial charge in [0.05, 0.1) is 45.2 Å². The first kappa shape index (κ1) is 51.0. The van der Waals surface area contributed by atoms with Gasteiger partial charge >= 0.3 is 0 Å². The van der Waals surface area contributed by atoms with Crippen molar-refractivity contribution >= 4 is 11.8 Å². The fraction of sp³-hybridized carbons (Fsp3) is 0.943. The van der Waals surface area contributed by atoms with Gasteiger partial charge in [0.2, 0.25) is 11.8 Å². The van der Waals surface area contributed by atoms with Crippen molar-refractivity contribution in [3.8, 4) is 0 Å². The molecule has 16 N–H and O–H groups in total. The molecule has 5 rings (SSSR count). The fourth-order valence-electron chi connectivity index (χ4n) is 7.98. The van der Waals surface area contributed by atoms with Crippen LogP contribution in [-0.4, -0.2) is 270 Å². The molecule has 0 aromatic heterocycles. The van der Waals surface area contributed by atoms with Crippen LogP contribution < -0.4 is 10.6 Å². The maximum atomic E-state index is 12.5. The van der Waals surface area contributed by atoms with Crippen molar-refractivity contribution in [3.63, 3.8) is 0 Å². The number of hydrogen-bond acceptors (Lipinski definition) is 25. The van der Waals surface area contributed by atoms with Crippen LogP contribution in [0.5, 0.6) is 0 Å². The highest BCUT2D eigenvalue weighted by atomic mass is 16.8. The third-order valence-electron chi connectivity index (χ3n) is 11.4. The quantitative estimate of drug-likeness (QED) is 0.0725. The molecule has 5 heterocycles. The number of carbonyl (C=O) groups excluding carboxylic acids is 2. The zero-order valence-corrected chi connectivity index (χ0v) is 33.7. The van der Waals surface area contributed by atoms with Gasteiger partial charge in [-0.1, -0.05) is 0 Å². The van der Waals surface area contributed by atoms with Crippen molar-refractivity contribution in [2.24, 2.45) is 0 Å². The van der Waals surface area contributed by atoms with Crippen LogP contribution in [0, 0.1) is 0 Å². The zero-order valence-electron chi connectivity index (χ0n) is 33.7. The lowest BCUT2D eigenvalue weighted by molar-refractivity contribution is -0.383. The summed E-state index contributed by atoms with van der Waals surface area (Å²) in [7, 11) is 0. The highest BCUT2D eigenvalue weighted by Gasteiger charge is 2.56. The number of ether oxygens (including phenoxy) is 9. The van der Waals surface area contributed by atoms with Crippen molar-refractivity contribution < 1.29 is 124 Å².